The van der Waals surface area contributed by atoms with Crippen molar-refractivity contribution in [1.82, 2.24) is 9.78 Å². The molecule has 0 fully saturated rings. The zero-order valence-corrected chi connectivity index (χ0v) is 19.7. The number of carbonyl (C=O) groups excluding carboxylic acids is 1. The van der Waals surface area contributed by atoms with Crippen LogP contribution in [0.2, 0.25) is 0 Å². The van der Waals surface area contributed by atoms with Crippen LogP contribution in [-0.2, 0) is 16.1 Å². The predicted octanol–water partition coefficient (Wildman–Crippen LogP) is 5.22. The van der Waals surface area contributed by atoms with Crippen LogP contribution in [0.15, 0.2) is 85.1 Å². The number of benzene rings is 3. The summed E-state index contributed by atoms with van der Waals surface area (Å²) in [5.74, 6) is 0.594. The second-order valence-electron chi connectivity index (χ2n) is 7.65. The second-order valence-corrected chi connectivity index (χ2v) is 7.65. The Morgan fingerprint density at radius 3 is 2.39 bits per heavy atom. The number of para-hydroxylation sites is 1. The summed E-state index contributed by atoms with van der Waals surface area (Å²) in [5.41, 5.74) is 3.59. The molecule has 0 saturated carbocycles. The number of rotatable bonds is 9. The van der Waals surface area contributed by atoms with E-state index >= 15 is 0 Å². The molecule has 0 atom stereocenters. The van der Waals surface area contributed by atoms with E-state index in [1.54, 1.807) is 43.2 Å². The summed E-state index contributed by atoms with van der Waals surface area (Å²) in [5, 5.41) is 15.5. The number of nitro benzene ring substituents is 1. The van der Waals surface area contributed by atoms with Crippen LogP contribution in [0, 0.1) is 10.1 Å². The monoisotopic (exact) mass is 485 g/mol. The number of non-ortho nitro benzene ring substituents is 1. The van der Waals surface area contributed by atoms with E-state index in [9.17, 15) is 14.9 Å². The summed E-state index contributed by atoms with van der Waals surface area (Å²) in [4.78, 5) is 22.7. The smallest absolute Gasteiger partial charge is 0.331 e. The SMILES string of the molecule is COc1ccc(-c2nn(-c3ccccc3)cc2C=CC(=O)OCc2ccc([N+](=O)[O-])cc2)cc1OC. The fraction of sp³-hybridized carbons (Fsp3) is 0.111. The van der Waals surface area contributed by atoms with Gasteiger partial charge in [-0.1, -0.05) is 18.2 Å². The topological polar surface area (TPSA) is 106 Å². The third-order valence-electron chi connectivity index (χ3n) is 5.35. The first kappa shape index (κ1) is 24.2. The standard InChI is InChI=1S/C27H23N3O6/c1-34-24-14-10-20(16-25(24)35-2)27-21(17-29(28-27)22-6-4-3-5-7-22)11-15-26(31)36-18-19-8-12-23(13-9-19)30(32)33/h3-17H,18H2,1-2H3. The molecule has 9 nitrogen and oxygen atoms in total. The van der Waals surface area contributed by atoms with Crippen LogP contribution in [0.3, 0.4) is 0 Å². The molecule has 0 saturated heterocycles. The number of nitro groups is 1. The molecule has 1 aromatic heterocycles. The molecule has 0 N–H and O–H groups in total. The molecule has 0 amide bonds. The number of hydrogen-bond donors (Lipinski definition) is 0. The minimum absolute atomic E-state index is 0.00696. The zero-order chi connectivity index (χ0) is 25.5. The Balaban J connectivity index is 1.58. The van der Waals surface area contributed by atoms with Crippen LogP contribution < -0.4 is 9.47 Å². The lowest BCUT2D eigenvalue weighted by atomic mass is 10.1. The van der Waals surface area contributed by atoms with E-state index < -0.39 is 10.9 Å². The van der Waals surface area contributed by atoms with Gasteiger partial charge in [0.05, 0.1) is 24.8 Å². The largest absolute Gasteiger partial charge is 0.493 e. The molecular weight excluding hydrogens is 462 g/mol. The number of nitrogens with zero attached hydrogens (tertiary/aromatic N) is 3. The van der Waals surface area contributed by atoms with Crippen LogP contribution in [0.25, 0.3) is 23.0 Å². The van der Waals surface area contributed by atoms with Gasteiger partial charge in [-0.05, 0) is 54.1 Å². The predicted molar refractivity (Wildman–Crippen MR) is 134 cm³/mol. The van der Waals surface area contributed by atoms with Crippen LogP contribution >= 0.6 is 0 Å². The van der Waals surface area contributed by atoms with Gasteiger partial charge in [-0.25, -0.2) is 9.48 Å². The quantitative estimate of drug-likeness (QED) is 0.138. The van der Waals surface area contributed by atoms with E-state index in [4.69, 9.17) is 19.3 Å². The average Bonchev–Trinajstić information content (AvgIpc) is 3.35. The van der Waals surface area contributed by atoms with Crippen LogP contribution in [0.4, 0.5) is 5.69 Å². The third-order valence-corrected chi connectivity index (χ3v) is 5.35. The van der Waals surface area contributed by atoms with Gasteiger partial charge in [-0.15, -0.1) is 0 Å². The van der Waals surface area contributed by atoms with E-state index in [1.807, 2.05) is 48.7 Å². The van der Waals surface area contributed by atoms with Gasteiger partial charge >= 0.3 is 5.97 Å². The van der Waals surface area contributed by atoms with Crippen molar-refractivity contribution in [2.24, 2.45) is 0 Å². The molecule has 182 valence electrons. The van der Waals surface area contributed by atoms with E-state index in [0.29, 0.717) is 28.3 Å². The number of ether oxygens (including phenoxy) is 3. The molecule has 36 heavy (non-hydrogen) atoms. The third kappa shape index (κ3) is 5.58. The number of esters is 1. The molecule has 0 aliphatic carbocycles. The van der Waals surface area contributed by atoms with Gasteiger partial charge in [0.1, 0.15) is 12.3 Å². The number of carbonyl (C=O) groups is 1. The van der Waals surface area contributed by atoms with Crippen molar-refractivity contribution >= 4 is 17.7 Å². The van der Waals surface area contributed by atoms with Crippen LogP contribution in [-0.4, -0.2) is 34.9 Å². The van der Waals surface area contributed by atoms with Crippen molar-refractivity contribution < 1.29 is 23.9 Å². The maximum atomic E-state index is 12.4. The molecule has 0 bridgehead atoms. The molecule has 3 aromatic carbocycles. The molecule has 0 aliphatic rings. The Morgan fingerprint density at radius 1 is 1.00 bits per heavy atom. The summed E-state index contributed by atoms with van der Waals surface area (Å²) in [6.07, 6.45) is 4.78. The fourth-order valence-electron chi connectivity index (χ4n) is 3.50. The van der Waals surface area contributed by atoms with Crippen molar-refractivity contribution in [2.45, 2.75) is 6.61 Å². The highest BCUT2D eigenvalue weighted by atomic mass is 16.6. The minimum Gasteiger partial charge on any atom is -0.493 e. The van der Waals surface area contributed by atoms with Gasteiger partial charge in [0, 0.05) is 35.5 Å². The highest BCUT2D eigenvalue weighted by molar-refractivity contribution is 5.88. The molecule has 0 unspecified atom stereocenters. The van der Waals surface area contributed by atoms with Gasteiger partial charge in [-0.2, -0.15) is 5.10 Å². The van der Waals surface area contributed by atoms with Gasteiger partial charge in [0.15, 0.2) is 11.5 Å². The fourth-order valence-corrected chi connectivity index (χ4v) is 3.50. The van der Waals surface area contributed by atoms with Gasteiger partial charge in [0.25, 0.3) is 5.69 Å². The minimum atomic E-state index is -0.556. The highest BCUT2D eigenvalue weighted by Gasteiger charge is 2.14. The van der Waals surface area contributed by atoms with Crippen molar-refractivity contribution in [1.29, 1.82) is 0 Å². The van der Waals surface area contributed by atoms with Crippen molar-refractivity contribution in [3.05, 3.63) is 106 Å². The normalized spacial score (nSPS) is 10.8. The molecule has 0 spiro atoms. The van der Waals surface area contributed by atoms with Crippen LogP contribution in [0.5, 0.6) is 11.5 Å². The highest BCUT2D eigenvalue weighted by Crippen LogP contribution is 2.33. The molecule has 4 aromatic rings. The molecular formula is C27H23N3O6. The van der Waals surface area contributed by atoms with E-state index in [1.165, 1.54) is 18.2 Å². The Kier molecular flexibility index (Phi) is 7.40. The van der Waals surface area contributed by atoms with Crippen molar-refractivity contribution in [3.63, 3.8) is 0 Å². The van der Waals surface area contributed by atoms with Gasteiger partial charge in [-0.3, -0.25) is 10.1 Å². The summed E-state index contributed by atoms with van der Waals surface area (Å²) < 4.78 is 17.8. The summed E-state index contributed by atoms with van der Waals surface area (Å²) in [6, 6.07) is 20.9. The zero-order valence-electron chi connectivity index (χ0n) is 19.7. The number of aromatic nitrogens is 2. The maximum Gasteiger partial charge on any atom is 0.331 e. The summed E-state index contributed by atoms with van der Waals surface area (Å²) in [6.45, 7) is -0.00696. The van der Waals surface area contributed by atoms with Crippen molar-refractivity contribution in [2.75, 3.05) is 14.2 Å². The van der Waals surface area contributed by atoms with E-state index in [-0.39, 0.29) is 12.3 Å². The second kappa shape index (κ2) is 11.0. The molecule has 0 radical (unpaired) electrons. The Hall–Kier alpha value is -4.92. The summed E-state index contributed by atoms with van der Waals surface area (Å²) >= 11 is 0. The Morgan fingerprint density at radius 2 is 1.72 bits per heavy atom. The average molecular weight is 485 g/mol. The lowest BCUT2D eigenvalue weighted by Crippen LogP contribution is -2.00. The van der Waals surface area contributed by atoms with Crippen LogP contribution in [0.1, 0.15) is 11.1 Å². The maximum absolute atomic E-state index is 12.4. The molecule has 9 heteroatoms. The lowest BCUT2D eigenvalue weighted by molar-refractivity contribution is -0.384. The van der Waals surface area contributed by atoms with Gasteiger partial charge < -0.3 is 14.2 Å². The van der Waals surface area contributed by atoms with E-state index in [0.717, 1.165) is 11.3 Å². The number of hydrogen-bond acceptors (Lipinski definition) is 7. The first-order valence-electron chi connectivity index (χ1n) is 10.9. The number of methoxy groups -OCH3 is 2. The summed E-state index contributed by atoms with van der Waals surface area (Å²) in [7, 11) is 3.13. The van der Waals surface area contributed by atoms with E-state index in [2.05, 4.69) is 0 Å². The van der Waals surface area contributed by atoms with Crippen molar-refractivity contribution in [3.8, 4) is 28.4 Å². The molecule has 0 aliphatic heterocycles. The van der Waals surface area contributed by atoms with Gasteiger partial charge in [0.2, 0.25) is 0 Å². The Bertz CT molecular complexity index is 1400. The molecule has 4 rings (SSSR count). The Labute approximate surface area is 207 Å². The first-order chi connectivity index (χ1) is 17.5. The first-order valence-corrected chi connectivity index (χ1v) is 10.9. The lowest BCUT2D eigenvalue weighted by Gasteiger charge is -2.09. The molecule has 1 heterocycles.